The molecule has 0 bridgehead atoms. The molecule has 0 aromatic carbocycles. The summed E-state index contributed by atoms with van der Waals surface area (Å²) in [5, 5.41) is 15.1. The second-order valence-electron chi connectivity index (χ2n) is 5.08. The lowest BCUT2D eigenvalue weighted by Crippen LogP contribution is -2.28. The van der Waals surface area contributed by atoms with Gasteiger partial charge >= 0.3 is 5.97 Å². The van der Waals surface area contributed by atoms with Crippen LogP contribution in [-0.2, 0) is 10.2 Å². The highest BCUT2D eigenvalue weighted by Crippen LogP contribution is 2.28. The fraction of sp³-hybridized carbons (Fsp3) is 0.667. The van der Waals surface area contributed by atoms with Crippen LogP contribution in [0.1, 0.15) is 26.0 Å². The largest absolute Gasteiger partial charge is 0.481 e. The molecular formula is C12H18N2O2S2. The molecule has 1 aliphatic rings. The fourth-order valence-electron chi connectivity index (χ4n) is 1.73. The molecule has 1 aromatic rings. The van der Waals surface area contributed by atoms with Gasteiger partial charge in [0.25, 0.3) is 0 Å². The summed E-state index contributed by atoms with van der Waals surface area (Å²) in [6.07, 6.45) is 1.26. The summed E-state index contributed by atoms with van der Waals surface area (Å²) in [6.45, 7) is 4.30. The van der Waals surface area contributed by atoms with Gasteiger partial charge in [-0.15, -0.1) is 11.3 Å². The minimum atomic E-state index is -0.917. The second-order valence-corrected chi connectivity index (χ2v) is 7.09. The molecule has 1 fully saturated rings. The van der Waals surface area contributed by atoms with Crippen molar-refractivity contribution < 1.29 is 9.90 Å². The smallest absolute Gasteiger partial charge is 0.315 e. The highest BCUT2D eigenvalue weighted by atomic mass is 32.2. The van der Waals surface area contributed by atoms with Gasteiger partial charge < -0.3 is 10.4 Å². The summed E-state index contributed by atoms with van der Waals surface area (Å²) in [6, 6.07) is 0. The van der Waals surface area contributed by atoms with E-state index in [0.717, 1.165) is 17.6 Å². The van der Waals surface area contributed by atoms with Gasteiger partial charge in [0.1, 0.15) is 5.41 Å². The second kappa shape index (κ2) is 5.48. The standard InChI is InChI=1S/C12H18N2O2S2/c1-12(2,10(15)16)9-7-18-11(14-9)13-5-8-3-4-17-6-8/h7-8H,3-6H2,1-2H3,(H,13,14)(H,15,16). The average molecular weight is 286 g/mol. The van der Waals surface area contributed by atoms with Crippen LogP contribution in [0.2, 0.25) is 0 Å². The molecule has 2 N–H and O–H groups in total. The molecule has 2 heterocycles. The van der Waals surface area contributed by atoms with Crippen molar-refractivity contribution in [1.29, 1.82) is 0 Å². The molecule has 0 saturated carbocycles. The van der Waals surface area contributed by atoms with Crippen LogP contribution in [0, 0.1) is 5.92 Å². The van der Waals surface area contributed by atoms with Gasteiger partial charge in [0.2, 0.25) is 0 Å². The monoisotopic (exact) mass is 286 g/mol. The highest BCUT2D eigenvalue weighted by Gasteiger charge is 2.32. The number of carboxylic acids is 1. The number of thioether (sulfide) groups is 1. The first-order valence-corrected chi connectivity index (χ1v) is 8.04. The van der Waals surface area contributed by atoms with Crippen molar-refractivity contribution >= 4 is 34.2 Å². The van der Waals surface area contributed by atoms with Gasteiger partial charge in [0.05, 0.1) is 5.69 Å². The van der Waals surface area contributed by atoms with Gasteiger partial charge in [-0.2, -0.15) is 11.8 Å². The maximum atomic E-state index is 11.1. The Morgan fingerprint density at radius 1 is 1.67 bits per heavy atom. The van der Waals surface area contributed by atoms with E-state index in [4.69, 9.17) is 5.11 Å². The third-order valence-electron chi connectivity index (χ3n) is 3.25. The van der Waals surface area contributed by atoms with E-state index in [0.29, 0.717) is 5.69 Å². The third kappa shape index (κ3) is 2.98. The zero-order valence-corrected chi connectivity index (χ0v) is 12.2. The number of hydrogen-bond donors (Lipinski definition) is 2. The van der Waals surface area contributed by atoms with E-state index in [2.05, 4.69) is 10.3 Å². The molecule has 1 aliphatic heterocycles. The number of anilines is 1. The van der Waals surface area contributed by atoms with Crippen LogP contribution in [0.3, 0.4) is 0 Å². The van der Waals surface area contributed by atoms with E-state index in [1.165, 1.54) is 29.3 Å². The lowest BCUT2D eigenvalue weighted by atomic mass is 9.90. The van der Waals surface area contributed by atoms with E-state index in [-0.39, 0.29) is 0 Å². The Balaban J connectivity index is 1.95. The highest BCUT2D eigenvalue weighted by molar-refractivity contribution is 7.99. The molecule has 0 radical (unpaired) electrons. The van der Waals surface area contributed by atoms with Gasteiger partial charge in [0.15, 0.2) is 5.13 Å². The Hall–Kier alpha value is -0.750. The van der Waals surface area contributed by atoms with E-state index in [1.807, 2.05) is 17.1 Å². The molecule has 1 unspecified atom stereocenters. The zero-order valence-electron chi connectivity index (χ0n) is 10.6. The van der Waals surface area contributed by atoms with Crippen LogP contribution in [0.25, 0.3) is 0 Å². The molecular weight excluding hydrogens is 268 g/mol. The molecule has 2 rings (SSSR count). The summed E-state index contributed by atoms with van der Waals surface area (Å²) in [5.41, 5.74) is -0.289. The predicted molar refractivity (Wildman–Crippen MR) is 76.7 cm³/mol. The lowest BCUT2D eigenvalue weighted by Gasteiger charge is -2.15. The van der Waals surface area contributed by atoms with Crippen molar-refractivity contribution in [3.05, 3.63) is 11.1 Å². The quantitative estimate of drug-likeness (QED) is 0.871. The number of rotatable bonds is 5. The summed E-state index contributed by atoms with van der Waals surface area (Å²) >= 11 is 3.48. The number of nitrogens with one attached hydrogen (secondary N) is 1. The number of nitrogens with zero attached hydrogens (tertiary/aromatic N) is 1. The van der Waals surface area contributed by atoms with Crippen LogP contribution < -0.4 is 5.32 Å². The zero-order chi connectivity index (χ0) is 13.2. The summed E-state index contributed by atoms with van der Waals surface area (Å²) < 4.78 is 0. The molecule has 0 amide bonds. The molecule has 18 heavy (non-hydrogen) atoms. The van der Waals surface area contributed by atoms with Crippen molar-refractivity contribution in [3.63, 3.8) is 0 Å². The van der Waals surface area contributed by atoms with Crippen molar-refractivity contribution in [2.45, 2.75) is 25.7 Å². The maximum absolute atomic E-state index is 11.1. The van der Waals surface area contributed by atoms with E-state index in [1.54, 1.807) is 13.8 Å². The van der Waals surface area contributed by atoms with E-state index >= 15 is 0 Å². The number of thiazole rings is 1. The van der Waals surface area contributed by atoms with Crippen LogP contribution in [-0.4, -0.2) is 34.1 Å². The van der Waals surface area contributed by atoms with Crippen molar-refractivity contribution in [1.82, 2.24) is 4.98 Å². The van der Waals surface area contributed by atoms with Gasteiger partial charge in [-0.3, -0.25) is 4.79 Å². The van der Waals surface area contributed by atoms with E-state index < -0.39 is 11.4 Å². The molecule has 0 aliphatic carbocycles. The van der Waals surface area contributed by atoms with Crippen LogP contribution >= 0.6 is 23.1 Å². The van der Waals surface area contributed by atoms with Crippen molar-refractivity contribution in [3.8, 4) is 0 Å². The molecule has 100 valence electrons. The Kier molecular flexibility index (Phi) is 4.17. The summed E-state index contributed by atoms with van der Waals surface area (Å²) in [5.74, 6) is 2.34. The Labute approximate surface area is 115 Å². The fourth-order valence-corrected chi connectivity index (χ4v) is 3.90. The minimum Gasteiger partial charge on any atom is -0.481 e. The molecule has 0 spiro atoms. The number of carboxylic acid groups (broad SMARTS) is 1. The Morgan fingerprint density at radius 2 is 2.44 bits per heavy atom. The van der Waals surface area contributed by atoms with Crippen LogP contribution in [0.15, 0.2) is 5.38 Å². The van der Waals surface area contributed by atoms with Crippen molar-refractivity contribution in [2.75, 3.05) is 23.4 Å². The maximum Gasteiger partial charge on any atom is 0.315 e. The molecule has 6 heteroatoms. The van der Waals surface area contributed by atoms with E-state index in [9.17, 15) is 4.79 Å². The minimum absolute atomic E-state index is 0.628. The first kappa shape index (κ1) is 13.7. The van der Waals surface area contributed by atoms with Gasteiger partial charge in [-0.05, 0) is 37.7 Å². The van der Waals surface area contributed by atoms with Crippen LogP contribution in [0.5, 0.6) is 0 Å². The SMILES string of the molecule is CC(C)(C(=O)O)c1csc(NCC2CCSC2)n1. The van der Waals surface area contributed by atoms with Gasteiger partial charge in [-0.1, -0.05) is 0 Å². The summed E-state index contributed by atoms with van der Waals surface area (Å²) in [4.78, 5) is 15.5. The van der Waals surface area contributed by atoms with Gasteiger partial charge in [-0.25, -0.2) is 4.98 Å². The third-order valence-corrected chi connectivity index (χ3v) is 5.28. The lowest BCUT2D eigenvalue weighted by molar-refractivity contribution is -0.142. The average Bonchev–Trinajstić information content (AvgIpc) is 2.97. The topological polar surface area (TPSA) is 62.2 Å². The number of hydrogen-bond acceptors (Lipinski definition) is 5. The molecule has 1 aromatic heterocycles. The number of aliphatic carboxylic acids is 1. The van der Waals surface area contributed by atoms with Crippen LogP contribution in [0.4, 0.5) is 5.13 Å². The normalized spacial score (nSPS) is 20.0. The molecule has 1 atom stereocenters. The van der Waals surface area contributed by atoms with Crippen molar-refractivity contribution in [2.24, 2.45) is 5.92 Å². The summed E-state index contributed by atoms with van der Waals surface area (Å²) in [7, 11) is 0. The first-order chi connectivity index (χ1) is 8.50. The number of carbonyl (C=O) groups is 1. The number of aromatic nitrogens is 1. The Bertz CT molecular complexity index is 425. The molecule has 4 nitrogen and oxygen atoms in total. The molecule has 1 saturated heterocycles. The Morgan fingerprint density at radius 3 is 3.06 bits per heavy atom. The first-order valence-electron chi connectivity index (χ1n) is 6.01. The predicted octanol–water partition coefficient (Wildman–Crippen LogP) is 2.67. The van der Waals surface area contributed by atoms with Gasteiger partial charge in [0, 0.05) is 11.9 Å².